The van der Waals surface area contributed by atoms with Crippen LogP contribution in [-0.2, 0) is 11.2 Å². The average molecular weight is 578 g/mol. The minimum absolute atomic E-state index is 0.00807. The minimum atomic E-state index is -4.45. The fraction of sp³-hybridized carbons (Fsp3) is 0.400. The predicted molar refractivity (Wildman–Crippen MR) is 145 cm³/mol. The SMILES string of the molecule is C/C(=C\c1ncnc(NCCc2cnc(NC(=O)NC3=CC#CC(C(F)(F)F)C3)s2)c1S)C(=O)N1CCCC1. The zero-order chi connectivity index (χ0) is 28.0. The number of allylic oxidation sites excluding steroid dienone is 2. The topological polar surface area (TPSA) is 112 Å². The summed E-state index contributed by atoms with van der Waals surface area (Å²) in [5, 5.41) is 8.43. The molecule has 1 saturated heterocycles. The number of aromatic nitrogens is 3. The van der Waals surface area contributed by atoms with Crippen LogP contribution in [0.3, 0.4) is 0 Å². The quantitative estimate of drug-likeness (QED) is 0.209. The van der Waals surface area contributed by atoms with Crippen LogP contribution < -0.4 is 16.0 Å². The number of rotatable bonds is 8. The highest BCUT2D eigenvalue weighted by atomic mass is 32.1. The van der Waals surface area contributed by atoms with Gasteiger partial charge in [0, 0.05) is 60.9 Å². The van der Waals surface area contributed by atoms with Gasteiger partial charge in [0.1, 0.15) is 18.1 Å². The third-order valence-corrected chi connectivity index (χ3v) is 7.38. The monoisotopic (exact) mass is 577 g/mol. The van der Waals surface area contributed by atoms with E-state index in [1.165, 1.54) is 23.7 Å². The van der Waals surface area contributed by atoms with Crippen molar-refractivity contribution in [3.05, 3.63) is 40.4 Å². The largest absolute Gasteiger partial charge is 0.402 e. The molecule has 9 nitrogen and oxygen atoms in total. The summed E-state index contributed by atoms with van der Waals surface area (Å²) < 4.78 is 38.7. The Morgan fingerprint density at radius 1 is 1.23 bits per heavy atom. The summed E-state index contributed by atoms with van der Waals surface area (Å²) in [6, 6.07) is -0.690. The molecule has 0 radical (unpaired) electrons. The van der Waals surface area contributed by atoms with E-state index in [1.54, 1.807) is 19.2 Å². The van der Waals surface area contributed by atoms with Crippen molar-refractivity contribution in [1.29, 1.82) is 0 Å². The molecule has 3 amide bonds. The minimum Gasteiger partial charge on any atom is -0.369 e. The highest BCUT2D eigenvalue weighted by Crippen LogP contribution is 2.31. The number of halogens is 3. The van der Waals surface area contributed by atoms with Crippen LogP contribution in [-0.4, -0.2) is 57.6 Å². The molecule has 4 rings (SSSR count). The Hall–Kier alpha value is -3.57. The van der Waals surface area contributed by atoms with E-state index in [-0.39, 0.29) is 11.6 Å². The number of anilines is 2. The summed E-state index contributed by atoms with van der Waals surface area (Å²) in [7, 11) is 0. The second-order valence-electron chi connectivity index (χ2n) is 8.93. The molecule has 206 valence electrons. The van der Waals surface area contributed by atoms with Gasteiger partial charge in [-0.1, -0.05) is 11.8 Å². The van der Waals surface area contributed by atoms with Crippen molar-refractivity contribution < 1.29 is 22.8 Å². The molecule has 0 aromatic carbocycles. The molecule has 14 heteroatoms. The number of urea groups is 1. The van der Waals surface area contributed by atoms with Crippen LogP contribution in [0.1, 0.15) is 36.8 Å². The summed E-state index contributed by atoms with van der Waals surface area (Å²) in [5.74, 6) is 3.11. The molecule has 3 N–H and O–H groups in total. The van der Waals surface area contributed by atoms with Crippen molar-refractivity contribution >= 4 is 52.9 Å². The summed E-state index contributed by atoms with van der Waals surface area (Å²) in [4.78, 5) is 40.6. The van der Waals surface area contributed by atoms with E-state index >= 15 is 0 Å². The van der Waals surface area contributed by atoms with Crippen molar-refractivity contribution in [3.63, 3.8) is 0 Å². The number of thiazole rings is 1. The third-order valence-electron chi connectivity index (χ3n) is 5.97. The zero-order valence-electron chi connectivity index (χ0n) is 20.9. The van der Waals surface area contributed by atoms with Crippen molar-refractivity contribution in [1.82, 2.24) is 25.2 Å². The standard InChI is InChI=1S/C25H26F3N7O2S2/c1-15(22(36)35-9-2-3-10-35)11-19-20(38)21(32-14-31-19)29-8-7-18-13-30-24(39-18)34-23(37)33-17-6-4-5-16(12-17)25(26,27)28/h6,11,13-14,16,38H,2-3,7-10,12H2,1H3,(H,29,31,32)(H2,30,33,34,37)/b15-11+. The van der Waals surface area contributed by atoms with Gasteiger partial charge in [-0.25, -0.2) is 19.7 Å². The first-order valence-electron chi connectivity index (χ1n) is 12.1. The molecule has 2 aromatic heterocycles. The smallest absolute Gasteiger partial charge is 0.369 e. The van der Waals surface area contributed by atoms with Gasteiger partial charge >= 0.3 is 12.2 Å². The number of likely N-dealkylation sites (tertiary alicyclic amines) is 1. The van der Waals surface area contributed by atoms with Crippen molar-refractivity contribution in [2.75, 3.05) is 30.3 Å². The van der Waals surface area contributed by atoms with Gasteiger partial charge in [-0.15, -0.1) is 24.0 Å². The van der Waals surface area contributed by atoms with E-state index in [0.29, 0.717) is 40.1 Å². The molecule has 1 fully saturated rings. The van der Waals surface area contributed by atoms with Crippen LogP contribution in [0.15, 0.2) is 34.8 Å². The molecule has 1 unspecified atom stereocenters. The maximum atomic E-state index is 12.9. The first kappa shape index (κ1) is 28.4. The Morgan fingerprint density at radius 3 is 2.74 bits per heavy atom. The summed E-state index contributed by atoms with van der Waals surface area (Å²) in [6.45, 7) is 3.78. The van der Waals surface area contributed by atoms with E-state index < -0.39 is 24.5 Å². The molecular weight excluding hydrogens is 551 g/mol. The van der Waals surface area contributed by atoms with Gasteiger partial charge in [-0.05, 0) is 25.8 Å². The van der Waals surface area contributed by atoms with Crippen LogP contribution in [0, 0.1) is 17.8 Å². The van der Waals surface area contributed by atoms with Crippen LogP contribution in [0.4, 0.5) is 28.9 Å². The summed E-state index contributed by atoms with van der Waals surface area (Å²) >= 11 is 5.79. The van der Waals surface area contributed by atoms with Crippen LogP contribution >= 0.6 is 24.0 Å². The molecule has 39 heavy (non-hydrogen) atoms. The van der Waals surface area contributed by atoms with Gasteiger partial charge in [0.25, 0.3) is 0 Å². The van der Waals surface area contributed by atoms with Crippen LogP contribution in [0.25, 0.3) is 6.08 Å². The second kappa shape index (κ2) is 12.5. The van der Waals surface area contributed by atoms with Crippen molar-refractivity contribution in [3.8, 4) is 11.8 Å². The molecule has 1 atom stereocenters. The number of amides is 3. The van der Waals surface area contributed by atoms with Crippen LogP contribution in [0.5, 0.6) is 0 Å². The molecule has 0 spiro atoms. The molecule has 3 heterocycles. The first-order chi connectivity index (χ1) is 18.6. The number of hydrogen-bond acceptors (Lipinski definition) is 8. The Bertz CT molecular complexity index is 1360. The predicted octanol–water partition coefficient (Wildman–Crippen LogP) is 4.49. The molecule has 1 aliphatic carbocycles. The van der Waals surface area contributed by atoms with Gasteiger partial charge in [-0.3, -0.25) is 10.1 Å². The lowest BCUT2D eigenvalue weighted by atomic mass is 10.00. The highest BCUT2D eigenvalue weighted by Gasteiger charge is 2.39. The fourth-order valence-electron chi connectivity index (χ4n) is 3.97. The first-order valence-corrected chi connectivity index (χ1v) is 13.4. The van der Waals surface area contributed by atoms with E-state index in [2.05, 4.69) is 55.4 Å². The fourth-order valence-corrected chi connectivity index (χ4v) is 5.03. The van der Waals surface area contributed by atoms with E-state index in [4.69, 9.17) is 0 Å². The number of nitrogens with one attached hydrogen (secondary N) is 3. The molecule has 0 bridgehead atoms. The number of carbonyl (C=O) groups is 2. The maximum Gasteiger partial charge on any atom is 0.402 e. The molecule has 1 aliphatic heterocycles. The second-order valence-corrected chi connectivity index (χ2v) is 10.5. The number of hydrogen-bond donors (Lipinski definition) is 4. The van der Waals surface area contributed by atoms with E-state index in [9.17, 15) is 22.8 Å². The van der Waals surface area contributed by atoms with Crippen molar-refractivity contribution in [2.24, 2.45) is 5.92 Å². The van der Waals surface area contributed by atoms with Gasteiger partial charge in [-0.2, -0.15) is 13.2 Å². The lowest BCUT2D eigenvalue weighted by molar-refractivity contribution is -0.158. The molecule has 2 aliphatic rings. The lowest BCUT2D eigenvalue weighted by Gasteiger charge is -2.19. The average Bonchev–Trinajstić information content (AvgIpc) is 3.58. The van der Waals surface area contributed by atoms with E-state index in [1.807, 2.05) is 4.90 Å². The Labute approximate surface area is 232 Å². The zero-order valence-corrected chi connectivity index (χ0v) is 22.6. The van der Waals surface area contributed by atoms with Crippen molar-refractivity contribution in [2.45, 2.75) is 43.7 Å². The number of nitrogens with zero attached hydrogens (tertiary/aromatic N) is 4. The lowest BCUT2D eigenvalue weighted by Crippen LogP contribution is -2.32. The van der Waals surface area contributed by atoms with Crippen LogP contribution in [0.2, 0.25) is 0 Å². The summed E-state index contributed by atoms with van der Waals surface area (Å²) in [6.07, 6.45) is 3.70. The normalized spacial score (nSPS) is 17.3. The molecule has 0 saturated carbocycles. The summed E-state index contributed by atoms with van der Waals surface area (Å²) in [5.41, 5.74) is 1.21. The number of carbonyl (C=O) groups excluding carboxylic acids is 2. The maximum absolute atomic E-state index is 12.9. The highest BCUT2D eigenvalue weighted by molar-refractivity contribution is 7.80. The van der Waals surface area contributed by atoms with Gasteiger partial charge in [0.05, 0.1) is 10.6 Å². The van der Waals surface area contributed by atoms with Gasteiger partial charge < -0.3 is 15.5 Å². The Balaban J connectivity index is 1.27. The Morgan fingerprint density at radius 2 is 2.00 bits per heavy atom. The number of alkyl halides is 3. The van der Waals surface area contributed by atoms with Gasteiger partial charge in [0.2, 0.25) is 5.91 Å². The van der Waals surface area contributed by atoms with Gasteiger partial charge in [0.15, 0.2) is 5.13 Å². The Kier molecular flexibility index (Phi) is 9.13. The third kappa shape index (κ3) is 7.73. The molecule has 2 aromatic rings. The van der Waals surface area contributed by atoms with E-state index in [0.717, 1.165) is 30.8 Å². The number of thiol groups is 1. The molecular formula is C25H26F3N7O2S2.